The Morgan fingerprint density at radius 2 is 2.06 bits per heavy atom. The Morgan fingerprint density at radius 1 is 1.22 bits per heavy atom. The van der Waals surface area contributed by atoms with E-state index in [2.05, 4.69) is 24.3 Å². The number of hydrogen-bond acceptors (Lipinski definition) is 2. The summed E-state index contributed by atoms with van der Waals surface area (Å²) in [7, 11) is 0. The number of rotatable bonds is 2. The standard InChI is InChI=1S/C15H15NOS/c17-15(14-7-9-18-11-14)16-8-6-13(10-16)12-4-2-1-3-5-12/h1-5,7,9,11,13H,6,8,10H2/t13-/m1/s1. The molecule has 0 aliphatic carbocycles. The maximum atomic E-state index is 12.2. The van der Waals surface area contributed by atoms with E-state index in [9.17, 15) is 4.79 Å². The third-order valence-electron chi connectivity index (χ3n) is 3.51. The van der Waals surface area contributed by atoms with Gasteiger partial charge in [-0.05, 0) is 23.4 Å². The summed E-state index contributed by atoms with van der Waals surface area (Å²) in [5, 5.41) is 3.89. The lowest BCUT2D eigenvalue weighted by atomic mass is 9.99. The van der Waals surface area contributed by atoms with Crippen molar-refractivity contribution in [2.75, 3.05) is 13.1 Å². The number of carbonyl (C=O) groups excluding carboxylic acids is 1. The Bertz CT molecular complexity index is 521. The second kappa shape index (κ2) is 4.94. The normalized spacial score (nSPS) is 19.1. The highest BCUT2D eigenvalue weighted by Gasteiger charge is 2.27. The van der Waals surface area contributed by atoms with E-state index in [0.29, 0.717) is 5.92 Å². The molecule has 0 bridgehead atoms. The molecule has 1 fully saturated rings. The number of nitrogens with zero attached hydrogens (tertiary/aromatic N) is 1. The van der Waals surface area contributed by atoms with Gasteiger partial charge in [-0.1, -0.05) is 30.3 Å². The molecular weight excluding hydrogens is 242 g/mol. The first kappa shape index (κ1) is 11.5. The van der Waals surface area contributed by atoms with Gasteiger partial charge in [0.25, 0.3) is 5.91 Å². The third kappa shape index (κ3) is 2.18. The van der Waals surface area contributed by atoms with Crippen molar-refractivity contribution in [2.24, 2.45) is 0 Å². The number of hydrogen-bond donors (Lipinski definition) is 0. The maximum Gasteiger partial charge on any atom is 0.254 e. The predicted molar refractivity (Wildman–Crippen MR) is 74.0 cm³/mol. The van der Waals surface area contributed by atoms with Crippen LogP contribution in [-0.2, 0) is 0 Å². The molecular formula is C15H15NOS. The van der Waals surface area contributed by atoms with E-state index in [1.54, 1.807) is 11.3 Å². The molecule has 1 aromatic heterocycles. The van der Waals surface area contributed by atoms with Crippen molar-refractivity contribution in [3.8, 4) is 0 Å². The van der Waals surface area contributed by atoms with Gasteiger partial charge in [-0.3, -0.25) is 4.79 Å². The van der Waals surface area contributed by atoms with Crippen molar-refractivity contribution in [2.45, 2.75) is 12.3 Å². The summed E-state index contributed by atoms with van der Waals surface area (Å²) in [5.41, 5.74) is 2.17. The molecule has 0 N–H and O–H groups in total. The molecule has 18 heavy (non-hydrogen) atoms. The molecule has 2 heterocycles. The molecule has 3 rings (SSSR count). The molecule has 3 heteroatoms. The molecule has 1 aliphatic rings. The van der Waals surface area contributed by atoms with E-state index in [0.717, 1.165) is 25.1 Å². The summed E-state index contributed by atoms with van der Waals surface area (Å²) < 4.78 is 0. The Balaban J connectivity index is 1.71. The van der Waals surface area contributed by atoms with Gasteiger partial charge in [0.05, 0.1) is 5.56 Å². The molecule has 1 aliphatic heterocycles. The molecule has 92 valence electrons. The van der Waals surface area contributed by atoms with Crippen LogP contribution in [0.5, 0.6) is 0 Å². The van der Waals surface area contributed by atoms with Crippen molar-refractivity contribution in [3.63, 3.8) is 0 Å². The van der Waals surface area contributed by atoms with Crippen molar-refractivity contribution in [1.29, 1.82) is 0 Å². The van der Waals surface area contributed by atoms with E-state index in [-0.39, 0.29) is 5.91 Å². The zero-order valence-electron chi connectivity index (χ0n) is 10.1. The number of thiophene rings is 1. The van der Waals surface area contributed by atoms with E-state index >= 15 is 0 Å². The molecule has 2 nitrogen and oxygen atoms in total. The minimum atomic E-state index is 0.176. The monoisotopic (exact) mass is 257 g/mol. The summed E-state index contributed by atoms with van der Waals surface area (Å²) >= 11 is 1.58. The summed E-state index contributed by atoms with van der Waals surface area (Å²) in [4.78, 5) is 14.2. The highest BCUT2D eigenvalue weighted by Crippen LogP contribution is 2.28. The van der Waals surface area contributed by atoms with Gasteiger partial charge in [-0.2, -0.15) is 11.3 Å². The summed E-state index contributed by atoms with van der Waals surface area (Å²) in [6.07, 6.45) is 1.07. The van der Waals surface area contributed by atoms with Crippen LogP contribution in [-0.4, -0.2) is 23.9 Å². The molecule has 0 saturated carbocycles. The summed E-state index contributed by atoms with van der Waals surface area (Å²) in [6, 6.07) is 12.4. The first-order valence-corrected chi connectivity index (χ1v) is 7.15. The number of benzene rings is 1. The number of likely N-dealkylation sites (tertiary alicyclic amines) is 1. The smallest absolute Gasteiger partial charge is 0.254 e. The maximum absolute atomic E-state index is 12.2. The topological polar surface area (TPSA) is 20.3 Å². The minimum absolute atomic E-state index is 0.176. The van der Waals surface area contributed by atoms with Crippen LogP contribution < -0.4 is 0 Å². The molecule has 1 atom stereocenters. The fourth-order valence-corrected chi connectivity index (χ4v) is 3.14. The molecule has 0 spiro atoms. The van der Waals surface area contributed by atoms with E-state index < -0.39 is 0 Å². The van der Waals surface area contributed by atoms with Crippen LogP contribution in [0.4, 0.5) is 0 Å². The average Bonchev–Trinajstić information content (AvgIpc) is 3.10. The van der Waals surface area contributed by atoms with Crippen molar-refractivity contribution in [3.05, 3.63) is 58.3 Å². The van der Waals surface area contributed by atoms with E-state index in [4.69, 9.17) is 0 Å². The number of amides is 1. The van der Waals surface area contributed by atoms with Crippen LogP contribution in [0.2, 0.25) is 0 Å². The SMILES string of the molecule is O=C(c1ccsc1)N1CC[C@@H](c2ccccc2)C1. The fourth-order valence-electron chi connectivity index (χ4n) is 2.51. The van der Waals surface area contributed by atoms with Gasteiger partial charge in [0.2, 0.25) is 0 Å². The Hall–Kier alpha value is -1.61. The quantitative estimate of drug-likeness (QED) is 0.807. The van der Waals surface area contributed by atoms with Gasteiger partial charge < -0.3 is 4.90 Å². The van der Waals surface area contributed by atoms with Gasteiger partial charge >= 0.3 is 0 Å². The highest BCUT2D eigenvalue weighted by molar-refractivity contribution is 7.08. The molecule has 2 aromatic rings. The highest BCUT2D eigenvalue weighted by atomic mass is 32.1. The lowest BCUT2D eigenvalue weighted by Gasteiger charge is -2.16. The predicted octanol–water partition coefficient (Wildman–Crippen LogP) is 3.38. The van der Waals surface area contributed by atoms with Crippen LogP contribution in [0.15, 0.2) is 47.2 Å². The molecule has 1 amide bonds. The second-order valence-electron chi connectivity index (χ2n) is 4.66. The molecule has 0 radical (unpaired) electrons. The van der Waals surface area contributed by atoms with Crippen LogP contribution in [0.3, 0.4) is 0 Å². The molecule has 1 saturated heterocycles. The first-order chi connectivity index (χ1) is 8.84. The number of carbonyl (C=O) groups is 1. The van der Waals surface area contributed by atoms with Gasteiger partial charge in [0.15, 0.2) is 0 Å². The Morgan fingerprint density at radius 3 is 2.78 bits per heavy atom. The van der Waals surface area contributed by atoms with E-state index in [1.165, 1.54) is 5.56 Å². The van der Waals surface area contributed by atoms with Gasteiger partial charge in [-0.25, -0.2) is 0 Å². The lowest BCUT2D eigenvalue weighted by Crippen LogP contribution is -2.28. The van der Waals surface area contributed by atoms with Crippen molar-refractivity contribution in [1.82, 2.24) is 4.90 Å². The fraction of sp³-hybridized carbons (Fsp3) is 0.267. The zero-order chi connectivity index (χ0) is 12.4. The second-order valence-corrected chi connectivity index (χ2v) is 5.44. The van der Waals surface area contributed by atoms with Crippen LogP contribution in [0.25, 0.3) is 0 Å². The van der Waals surface area contributed by atoms with Crippen molar-refractivity contribution < 1.29 is 4.79 Å². The summed E-state index contributed by atoms with van der Waals surface area (Å²) in [6.45, 7) is 1.72. The Kier molecular flexibility index (Phi) is 3.15. The third-order valence-corrected chi connectivity index (χ3v) is 4.20. The van der Waals surface area contributed by atoms with Crippen LogP contribution in [0, 0.1) is 0 Å². The zero-order valence-corrected chi connectivity index (χ0v) is 10.9. The largest absolute Gasteiger partial charge is 0.338 e. The van der Waals surface area contributed by atoms with Crippen LogP contribution in [0.1, 0.15) is 28.3 Å². The minimum Gasteiger partial charge on any atom is -0.338 e. The molecule has 1 aromatic carbocycles. The first-order valence-electron chi connectivity index (χ1n) is 6.21. The Labute approximate surface area is 111 Å². The average molecular weight is 257 g/mol. The molecule has 0 unspecified atom stereocenters. The van der Waals surface area contributed by atoms with Crippen LogP contribution >= 0.6 is 11.3 Å². The summed E-state index contributed by atoms with van der Waals surface area (Å²) in [5.74, 6) is 0.670. The van der Waals surface area contributed by atoms with E-state index in [1.807, 2.05) is 27.8 Å². The van der Waals surface area contributed by atoms with Gasteiger partial charge in [-0.15, -0.1) is 0 Å². The van der Waals surface area contributed by atoms with Crippen molar-refractivity contribution >= 4 is 17.2 Å². The lowest BCUT2D eigenvalue weighted by molar-refractivity contribution is 0.0791. The van der Waals surface area contributed by atoms with Gasteiger partial charge in [0, 0.05) is 24.4 Å². The van der Waals surface area contributed by atoms with Gasteiger partial charge in [0.1, 0.15) is 0 Å².